The fraction of sp³-hybridized carbons (Fsp3) is 0.0741. The van der Waals surface area contributed by atoms with E-state index in [2.05, 4.69) is 16.4 Å². The maximum Gasteiger partial charge on any atom is 0.256 e. The molecule has 8 heteroatoms. The number of anilines is 2. The van der Waals surface area contributed by atoms with Crippen LogP contribution >= 0.6 is 22.9 Å². The van der Waals surface area contributed by atoms with Crippen LogP contribution in [0.15, 0.2) is 72.8 Å². The number of nitrogens with one attached hydrogen (secondary N) is 1. The lowest BCUT2D eigenvalue weighted by atomic mass is 10.1. The van der Waals surface area contributed by atoms with E-state index in [1.54, 1.807) is 42.5 Å². The summed E-state index contributed by atoms with van der Waals surface area (Å²) in [4.78, 5) is 19.5. The number of aromatic nitrogens is 1. The average molecular weight is 503 g/mol. The van der Waals surface area contributed by atoms with Crippen LogP contribution in [0.5, 0.6) is 0 Å². The van der Waals surface area contributed by atoms with Gasteiger partial charge in [0, 0.05) is 35.9 Å². The van der Waals surface area contributed by atoms with E-state index < -0.39 is 0 Å². The third kappa shape index (κ3) is 5.75. The number of thiazole rings is 1. The van der Waals surface area contributed by atoms with Crippen molar-refractivity contribution in [3.63, 3.8) is 0 Å². The molecule has 174 valence electrons. The molecule has 0 saturated carbocycles. The van der Waals surface area contributed by atoms with Gasteiger partial charge in [-0.2, -0.15) is 5.26 Å². The number of nitriles is 1. The number of allylic oxidation sites excluding steroid dienone is 1. The molecule has 0 fully saturated rings. The summed E-state index contributed by atoms with van der Waals surface area (Å²) >= 11 is 7.11. The summed E-state index contributed by atoms with van der Waals surface area (Å²) in [7, 11) is 3.91. The van der Waals surface area contributed by atoms with Crippen molar-refractivity contribution in [3.05, 3.63) is 99.8 Å². The minimum atomic E-state index is -0.380. The van der Waals surface area contributed by atoms with Gasteiger partial charge in [0.1, 0.15) is 27.6 Å². The van der Waals surface area contributed by atoms with Crippen molar-refractivity contribution in [2.45, 2.75) is 0 Å². The lowest BCUT2D eigenvalue weighted by Crippen LogP contribution is -2.11. The van der Waals surface area contributed by atoms with E-state index in [-0.39, 0.29) is 11.7 Å². The van der Waals surface area contributed by atoms with Crippen molar-refractivity contribution in [1.82, 2.24) is 4.98 Å². The second-order valence-corrected chi connectivity index (χ2v) is 9.26. The Morgan fingerprint density at radius 1 is 1.06 bits per heavy atom. The molecule has 0 saturated heterocycles. The van der Waals surface area contributed by atoms with Crippen LogP contribution in [0.4, 0.5) is 15.1 Å². The van der Waals surface area contributed by atoms with E-state index in [4.69, 9.17) is 11.6 Å². The lowest BCUT2D eigenvalue weighted by Gasteiger charge is -2.11. The minimum absolute atomic E-state index is 0.345. The fourth-order valence-corrected chi connectivity index (χ4v) is 4.35. The summed E-state index contributed by atoms with van der Waals surface area (Å²) in [5.41, 5.74) is 3.73. The van der Waals surface area contributed by atoms with Crippen LogP contribution in [-0.4, -0.2) is 25.0 Å². The van der Waals surface area contributed by atoms with Gasteiger partial charge in [-0.15, -0.1) is 0 Å². The predicted octanol–water partition coefficient (Wildman–Crippen LogP) is 6.99. The smallest absolute Gasteiger partial charge is 0.256 e. The summed E-state index contributed by atoms with van der Waals surface area (Å²) in [6.07, 6.45) is 1.75. The number of hydrogen-bond donors (Lipinski definition) is 1. The molecule has 1 heterocycles. The number of nitrogens with zero attached hydrogens (tertiary/aromatic N) is 3. The lowest BCUT2D eigenvalue weighted by molar-refractivity contribution is 0.102. The molecule has 0 bridgehead atoms. The zero-order chi connectivity index (χ0) is 24.9. The van der Waals surface area contributed by atoms with Gasteiger partial charge in [-0.05, 0) is 72.3 Å². The molecule has 0 aliphatic carbocycles. The van der Waals surface area contributed by atoms with E-state index in [1.807, 2.05) is 43.3 Å². The maximum atomic E-state index is 13.5. The molecule has 5 nitrogen and oxygen atoms in total. The molecule has 3 aromatic carbocycles. The van der Waals surface area contributed by atoms with E-state index >= 15 is 0 Å². The Balaban J connectivity index is 1.73. The highest BCUT2D eigenvalue weighted by Gasteiger charge is 2.19. The minimum Gasteiger partial charge on any atom is -0.378 e. The first-order valence-electron chi connectivity index (χ1n) is 10.6. The predicted molar refractivity (Wildman–Crippen MR) is 141 cm³/mol. The monoisotopic (exact) mass is 502 g/mol. The van der Waals surface area contributed by atoms with Gasteiger partial charge in [-0.25, -0.2) is 9.37 Å². The van der Waals surface area contributed by atoms with Gasteiger partial charge in [-0.1, -0.05) is 35.1 Å². The Labute approximate surface area is 211 Å². The van der Waals surface area contributed by atoms with Crippen LogP contribution in [-0.2, 0) is 0 Å². The molecule has 4 rings (SSSR count). The Kier molecular flexibility index (Phi) is 7.25. The highest BCUT2D eigenvalue weighted by molar-refractivity contribution is 7.17. The summed E-state index contributed by atoms with van der Waals surface area (Å²) in [5, 5.41) is 14.2. The van der Waals surface area contributed by atoms with Crippen molar-refractivity contribution < 1.29 is 9.18 Å². The highest BCUT2D eigenvalue weighted by atomic mass is 35.5. The third-order valence-electron chi connectivity index (χ3n) is 5.15. The number of hydrogen-bond acceptors (Lipinski definition) is 5. The largest absolute Gasteiger partial charge is 0.378 e. The molecule has 0 spiro atoms. The number of amides is 1. The van der Waals surface area contributed by atoms with Crippen molar-refractivity contribution in [2.24, 2.45) is 0 Å². The van der Waals surface area contributed by atoms with Crippen molar-refractivity contribution in [1.29, 1.82) is 5.26 Å². The molecular weight excluding hydrogens is 483 g/mol. The van der Waals surface area contributed by atoms with Gasteiger partial charge >= 0.3 is 0 Å². The number of rotatable bonds is 6. The fourth-order valence-electron chi connectivity index (χ4n) is 3.28. The molecule has 1 aromatic heterocycles. The van der Waals surface area contributed by atoms with Crippen molar-refractivity contribution in [2.75, 3.05) is 24.3 Å². The van der Waals surface area contributed by atoms with Crippen LogP contribution in [0, 0.1) is 17.1 Å². The van der Waals surface area contributed by atoms with Gasteiger partial charge in [0.05, 0.1) is 5.57 Å². The molecule has 1 N–H and O–H groups in total. The summed E-state index contributed by atoms with van der Waals surface area (Å²) in [6, 6.07) is 22.3. The zero-order valence-electron chi connectivity index (χ0n) is 18.9. The van der Waals surface area contributed by atoms with Gasteiger partial charge in [0.25, 0.3) is 5.91 Å². The maximum absolute atomic E-state index is 13.5. The highest BCUT2D eigenvalue weighted by Crippen LogP contribution is 2.37. The topological polar surface area (TPSA) is 69.0 Å². The molecular formula is C27H20ClFN4OS. The van der Waals surface area contributed by atoms with Crippen LogP contribution in [0.2, 0.25) is 5.02 Å². The summed E-state index contributed by atoms with van der Waals surface area (Å²) < 4.78 is 13.5. The molecule has 35 heavy (non-hydrogen) atoms. The van der Waals surface area contributed by atoms with Crippen molar-refractivity contribution >= 4 is 51.2 Å². The van der Waals surface area contributed by atoms with Crippen LogP contribution in [0.25, 0.3) is 22.9 Å². The second-order valence-electron chi connectivity index (χ2n) is 7.82. The molecule has 0 aliphatic rings. The summed E-state index contributed by atoms with van der Waals surface area (Å²) in [5.74, 6) is -0.725. The summed E-state index contributed by atoms with van der Waals surface area (Å²) in [6.45, 7) is 0. The first kappa shape index (κ1) is 24.1. The third-order valence-corrected chi connectivity index (χ3v) is 6.41. The SMILES string of the molecule is CN(C)c1ccc(/C=C(\C#N)c2nc(-c3ccc(F)cc3)c(NC(=O)c3ccc(Cl)cc3)s2)cc1. The van der Waals surface area contributed by atoms with E-state index in [9.17, 15) is 14.4 Å². The van der Waals surface area contributed by atoms with Crippen molar-refractivity contribution in [3.8, 4) is 17.3 Å². The molecule has 0 unspecified atom stereocenters. The first-order valence-corrected chi connectivity index (χ1v) is 11.8. The van der Waals surface area contributed by atoms with Crippen LogP contribution < -0.4 is 10.2 Å². The van der Waals surface area contributed by atoms with Crippen LogP contribution in [0.3, 0.4) is 0 Å². The van der Waals surface area contributed by atoms with Gasteiger partial charge < -0.3 is 10.2 Å². The Bertz CT molecular complexity index is 1420. The van der Waals surface area contributed by atoms with E-state index in [0.717, 1.165) is 11.3 Å². The molecule has 4 aromatic rings. The number of benzene rings is 3. The number of carbonyl (C=O) groups excluding carboxylic acids is 1. The Morgan fingerprint density at radius 3 is 2.31 bits per heavy atom. The quantitative estimate of drug-likeness (QED) is 0.289. The number of halogens is 2. The Morgan fingerprint density at radius 2 is 1.71 bits per heavy atom. The molecule has 1 amide bonds. The van der Waals surface area contributed by atoms with Gasteiger partial charge in [0.15, 0.2) is 0 Å². The van der Waals surface area contributed by atoms with Gasteiger partial charge in [-0.3, -0.25) is 4.79 Å². The standard InChI is InChI=1S/C27H20ClFN4OS/c1-33(2)23-13-3-17(4-14-23)15-20(16-30)26-31-24(18-7-11-22(29)12-8-18)27(35-26)32-25(34)19-5-9-21(28)10-6-19/h3-15H,1-2H3,(H,32,34)/b20-15+. The first-order chi connectivity index (χ1) is 16.8. The molecule has 0 aliphatic heterocycles. The van der Waals surface area contributed by atoms with Crippen LogP contribution in [0.1, 0.15) is 20.9 Å². The normalized spacial score (nSPS) is 11.1. The van der Waals surface area contributed by atoms with E-state index in [0.29, 0.717) is 37.4 Å². The zero-order valence-corrected chi connectivity index (χ0v) is 20.5. The average Bonchev–Trinajstić information content (AvgIpc) is 3.27. The molecule has 0 atom stereocenters. The van der Waals surface area contributed by atoms with E-state index in [1.165, 1.54) is 23.5 Å². The Hall–Kier alpha value is -3.99. The second kappa shape index (κ2) is 10.5. The van der Waals surface area contributed by atoms with Gasteiger partial charge in [0.2, 0.25) is 0 Å². The number of carbonyl (C=O) groups is 1. The molecule has 0 radical (unpaired) electrons.